The molecule has 0 fully saturated rings. The van der Waals surface area contributed by atoms with Gasteiger partial charge >= 0.3 is 5.97 Å². The van der Waals surface area contributed by atoms with Gasteiger partial charge in [-0.2, -0.15) is 0 Å². The van der Waals surface area contributed by atoms with Crippen molar-refractivity contribution in [1.82, 2.24) is 4.90 Å². The first kappa shape index (κ1) is 17.0. The van der Waals surface area contributed by atoms with E-state index in [2.05, 4.69) is 6.92 Å². The molecule has 1 aliphatic heterocycles. The number of aromatic carboxylic acids is 1. The molecule has 0 saturated heterocycles. The monoisotopic (exact) mass is 339 g/mol. The third-order valence-corrected chi connectivity index (χ3v) is 4.51. The molecular weight excluding hydrogens is 318 g/mol. The number of fused-ring (bicyclic) bond motifs is 1. The Balaban J connectivity index is 1.61. The van der Waals surface area contributed by atoms with Gasteiger partial charge in [-0.25, -0.2) is 4.79 Å². The SMILES string of the molecule is CCc1ccc(OCC(=O)N2CCc3ccc(C(=O)O)cc3C2)cc1. The minimum atomic E-state index is -0.954. The van der Waals surface area contributed by atoms with Crippen LogP contribution < -0.4 is 4.74 Å². The number of hydrogen-bond donors (Lipinski definition) is 1. The number of carbonyl (C=O) groups is 2. The average molecular weight is 339 g/mol. The normalized spacial score (nSPS) is 13.2. The molecule has 0 bridgehead atoms. The fourth-order valence-corrected chi connectivity index (χ4v) is 2.96. The van der Waals surface area contributed by atoms with Crippen LogP contribution in [0.3, 0.4) is 0 Å². The molecule has 1 aliphatic rings. The van der Waals surface area contributed by atoms with Crippen LogP contribution in [0.25, 0.3) is 0 Å². The predicted molar refractivity (Wildman–Crippen MR) is 93.8 cm³/mol. The number of carboxylic acids is 1. The van der Waals surface area contributed by atoms with Crippen LogP contribution in [0, 0.1) is 0 Å². The Bertz CT molecular complexity index is 783. The van der Waals surface area contributed by atoms with Gasteiger partial charge in [0.1, 0.15) is 5.75 Å². The Labute approximate surface area is 146 Å². The lowest BCUT2D eigenvalue weighted by molar-refractivity contribution is -0.134. The largest absolute Gasteiger partial charge is 0.484 e. The van der Waals surface area contributed by atoms with E-state index < -0.39 is 5.97 Å². The third-order valence-electron chi connectivity index (χ3n) is 4.51. The summed E-state index contributed by atoms with van der Waals surface area (Å²) in [7, 11) is 0. The van der Waals surface area contributed by atoms with E-state index >= 15 is 0 Å². The second-order valence-electron chi connectivity index (χ2n) is 6.14. The van der Waals surface area contributed by atoms with E-state index in [1.54, 1.807) is 17.0 Å². The minimum Gasteiger partial charge on any atom is -0.484 e. The number of carbonyl (C=O) groups excluding carboxylic acids is 1. The lowest BCUT2D eigenvalue weighted by atomic mass is 9.97. The summed E-state index contributed by atoms with van der Waals surface area (Å²) in [6.45, 7) is 3.12. The lowest BCUT2D eigenvalue weighted by Gasteiger charge is -2.29. The highest BCUT2D eigenvalue weighted by Gasteiger charge is 2.22. The number of aryl methyl sites for hydroxylation is 1. The Kier molecular flexibility index (Phi) is 5.03. The Morgan fingerprint density at radius 3 is 2.56 bits per heavy atom. The molecule has 130 valence electrons. The van der Waals surface area contributed by atoms with Gasteiger partial charge in [0.2, 0.25) is 0 Å². The fraction of sp³-hybridized carbons (Fsp3) is 0.300. The second-order valence-corrected chi connectivity index (χ2v) is 6.14. The van der Waals surface area contributed by atoms with Crippen LogP contribution in [0.1, 0.15) is 34.0 Å². The molecule has 3 rings (SSSR count). The van der Waals surface area contributed by atoms with Crippen LogP contribution in [-0.2, 0) is 24.2 Å². The van der Waals surface area contributed by atoms with Gasteiger partial charge in [-0.15, -0.1) is 0 Å². The molecule has 25 heavy (non-hydrogen) atoms. The maximum atomic E-state index is 12.4. The molecule has 1 heterocycles. The first-order valence-electron chi connectivity index (χ1n) is 8.41. The molecular formula is C20H21NO4. The van der Waals surface area contributed by atoms with Gasteiger partial charge in [-0.05, 0) is 53.8 Å². The zero-order valence-corrected chi connectivity index (χ0v) is 14.2. The Morgan fingerprint density at radius 2 is 1.88 bits per heavy atom. The molecule has 0 saturated carbocycles. The predicted octanol–water partition coefficient (Wildman–Crippen LogP) is 2.91. The van der Waals surface area contributed by atoms with Gasteiger partial charge in [0.05, 0.1) is 5.56 Å². The van der Waals surface area contributed by atoms with E-state index in [0.717, 1.165) is 24.0 Å². The van der Waals surface area contributed by atoms with E-state index in [-0.39, 0.29) is 18.1 Å². The molecule has 0 aliphatic carbocycles. The van der Waals surface area contributed by atoms with Crippen LogP contribution in [0.15, 0.2) is 42.5 Å². The van der Waals surface area contributed by atoms with Crippen LogP contribution in [0.2, 0.25) is 0 Å². The van der Waals surface area contributed by atoms with Gasteiger partial charge < -0.3 is 14.7 Å². The van der Waals surface area contributed by atoms with Crippen LogP contribution in [-0.4, -0.2) is 35.0 Å². The molecule has 2 aromatic carbocycles. The van der Waals surface area contributed by atoms with Crippen LogP contribution >= 0.6 is 0 Å². The molecule has 5 nitrogen and oxygen atoms in total. The summed E-state index contributed by atoms with van der Waals surface area (Å²) in [6, 6.07) is 12.8. The summed E-state index contributed by atoms with van der Waals surface area (Å²) in [4.78, 5) is 25.2. The van der Waals surface area contributed by atoms with Crippen molar-refractivity contribution in [2.24, 2.45) is 0 Å². The van der Waals surface area contributed by atoms with E-state index in [4.69, 9.17) is 9.84 Å². The Morgan fingerprint density at radius 1 is 1.12 bits per heavy atom. The number of nitrogens with zero attached hydrogens (tertiary/aromatic N) is 1. The highest BCUT2D eigenvalue weighted by molar-refractivity contribution is 5.88. The van der Waals surface area contributed by atoms with E-state index in [1.807, 2.05) is 30.3 Å². The summed E-state index contributed by atoms with van der Waals surface area (Å²) in [5.74, 6) is -0.368. The summed E-state index contributed by atoms with van der Waals surface area (Å²) in [5.41, 5.74) is 3.47. The first-order valence-corrected chi connectivity index (χ1v) is 8.41. The van der Waals surface area contributed by atoms with Gasteiger partial charge in [0, 0.05) is 13.1 Å². The quantitative estimate of drug-likeness (QED) is 0.909. The second kappa shape index (κ2) is 7.38. The molecule has 5 heteroatoms. The molecule has 1 amide bonds. The molecule has 0 unspecified atom stereocenters. The number of amides is 1. The van der Waals surface area contributed by atoms with E-state index in [1.165, 1.54) is 5.56 Å². The summed E-state index contributed by atoms with van der Waals surface area (Å²) in [6.07, 6.45) is 1.69. The van der Waals surface area contributed by atoms with Gasteiger partial charge in [0.25, 0.3) is 5.91 Å². The maximum absolute atomic E-state index is 12.4. The van der Waals surface area contributed by atoms with Crippen molar-refractivity contribution in [3.8, 4) is 5.75 Å². The van der Waals surface area contributed by atoms with Crippen LogP contribution in [0.5, 0.6) is 5.75 Å². The smallest absolute Gasteiger partial charge is 0.335 e. The van der Waals surface area contributed by atoms with Crippen LogP contribution in [0.4, 0.5) is 0 Å². The van der Waals surface area contributed by atoms with Gasteiger partial charge in [0.15, 0.2) is 6.61 Å². The Hall–Kier alpha value is -2.82. The summed E-state index contributed by atoms with van der Waals surface area (Å²) >= 11 is 0. The van der Waals surface area contributed by atoms with Crippen molar-refractivity contribution in [1.29, 1.82) is 0 Å². The average Bonchev–Trinajstić information content (AvgIpc) is 2.65. The molecule has 0 spiro atoms. The number of benzene rings is 2. The number of ether oxygens (including phenoxy) is 1. The van der Waals surface area contributed by atoms with Gasteiger partial charge in [-0.1, -0.05) is 25.1 Å². The highest BCUT2D eigenvalue weighted by Crippen LogP contribution is 2.21. The molecule has 1 N–H and O–H groups in total. The minimum absolute atomic E-state index is 0.0145. The van der Waals surface area contributed by atoms with Crippen molar-refractivity contribution in [3.63, 3.8) is 0 Å². The summed E-state index contributed by atoms with van der Waals surface area (Å²) < 4.78 is 5.59. The van der Waals surface area contributed by atoms with Gasteiger partial charge in [-0.3, -0.25) is 4.79 Å². The maximum Gasteiger partial charge on any atom is 0.335 e. The van der Waals surface area contributed by atoms with Crippen molar-refractivity contribution < 1.29 is 19.4 Å². The number of carboxylic acid groups (broad SMARTS) is 1. The first-order chi connectivity index (χ1) is 12.1. The highest BCUT2D eigenvalue weighted by atomic mass is 16.5. The zero-order valence-electron chi connectivity index (χ0n) is 14.2. The van der Waals surface area contributed by atoms with Crippen molar-refractivity contribution in [2.75, 3.05) is 13.2 Å². The number of rotatable bonds is 5. The molecule has 0 aromatic heterocycles. The number of hydrogen-bond acceptors (Lipinski definition) is 3. The standard InChI is InChI=1S/C20H21NO4/c1-2-14-3-7-18(8-4-14)25-13-19(22)21-10-9-15-5-6-16(20(23)24)11-17(15)12-21/h3-8,11H,2,9-10,12-13H2,1H3,(H,23,24). The molecule has 2 aromatic rings. The van der Waals surface area contributed by atoms with Crippen molar-refractivity contribution in [2.45, 2.75) is 26.3 Å². The fourth-order valence-electron chi connectivity index (χ4n) is 2.96. The lowest BCUT2D eigenvalue weighted by Crippen LogP contribution is -2.38. The third kappa shape index (κ3) is 3.99. The van der Waals surface area contributed by atoms with Crippen molar-refractivity contribution >= 4 is 11.9 Å². The van der Waals surface area contributed by atoms with Crippen molar-refractivity contribution in [3.05, 3.63) is 64.7 Å². The topological polar surface area (TPSA) is 66.8 Å². The van der Waals surface area contributed by atoms with E-state index in [0.29, 0.717) is 18.8 Å². The molecule has 0 radical (unpaired) electrons. The molecule has 0 atom stereocenters. The summed E-state index contributed by atoms with van der Waals surface area (Å²) in [5, 5.41) is 9.11. The zero-order chi connectivity index (χ0) is 17.8. The van der Waals surface area contributed by atoms with E-state index in [9.17, 15) is 9.59 Å².